The Morgan fingerprint density at radius 1 is 1.15 bits per heavy atom. The van der Waals surface area contributed by atoms with Crippen LogP contribution >= 0.6 is 0 Å². The zero-order valence-corrected chi connectivity index (χ0v) is 10.4. The van der Waals surface area contributed by atoms with E-state index in [4.69, 9.17) is 5.11 Å². The van der Waals surface area contributed by atoms with Crippen LogP contribution < -0.4 is 10.6 Å². The summed E-state index contributed by atoms with van der Waals surface area (Å²) in [7, 11) is 0. The third-order valence-corrected chi connectivity index (χ3v) is 2.46. The minimum atomic E-state index is -0.982. The molecular formula is C13H12N4O3. The highest BCUT2D eigenvalue weighted by Gasteiger charge is 2.04. The maximum absolute atomic E-state index is 11.6. The van der Waals surface area contributed by atoms with Crippen LogP contribution in [0.25, 0.3) is 0 Å². The van der Waals surface area contributed by atoms with E-state index in [9.17, 15) is 9.59 Å². The number of carbonyl (C=O) groups is 2. The fraction of sp³-hybridized carbons (Fsp3) is 0.0769. The predicted octanol–water partition coefficient (Wildman–Crippen LogP) is 1.50. The van der Waals surface area contributed by atoms with Gasteiger partial charge in [-0.15, -0.1) is 0 Å². The molecule has 0 fully saturated rings. The summed E-state index contributed by atoms with van der Waals surface area (Å²) in [6.45, 7) is 0.284. The molecule has 2 amide bonds. The van der Waals surface area contributed by atoms with Gasteiger partial charge < -0.3 is 10.4 Å². The summed E-state index contributed by atoms with van der Waals surface area (Å²) in [4.78, 5) is 30.0. The molecule has 7 heteroatoms. The van der Waals surface area contributed by atoms with Crippen LogP contribution in [0.3, 0.4) is 0 Å². The van der Waals surface area contributed by atoms with Crippen LogP contribution in [0.2, 0.25) is 0 Å². The summed E-state index contributed by atoms with van der Waals surface area (Å²) in [5, 5.41) is 13.9. The fourth-order valence-corrected chi connectivity index (χ4v) is 1.47. The second-order valence-electron chi connectivity index (χ2n) is 3.90. The molecule has 0 aliphatic rings. The van der Waals surface area contributed by atoms with Crippen molar-refractivity contribution in [3.8, 4) is 0 Å². The molecule has 0 saturated carbocycles. The standard InChI is InChI=1S/C13H12N4O3/c18-12(19)10-3-1-9(2-4-10)7-16-13(20)17-11-8-14-5-6-15-11/h1-6,8H,7H2,(H,18,19)(H2,15,16,17,20). The number of amides is 2. The molecule has 20 heavy (non-hydrogen) atoms. The van der Waals surface area contributed by atoms with Crippen molar-refractivity contribution in [3.05, 3.63) is 54.0 Å². The van der Waals surface area contributed by atoms with Gasteiger partial charge in [0, 0.05) is 18.9 Å². The van der Waals surface area contributed by atoms with E-state index in [-0.39, 0.29) is 12.1 Å². The number of carbonyl (C=O) groups excluding carboxylic acids is 1. The highest BCUT2D eigenvalue weighted by molar-refractivity contribution is 5.88. The highest BCUT2D eigenvalue weighted by atomic mass is 16.4. The molecule has 1 aromatic heterocycles. The van der Waals surface area contributed by atoms with Crippen LogP contribution in [-0.2, 0) is 6.54 Å². The van der Waals surface area contributed by atoms with E-state index in [1.165, 1.54) is 30.7 Å². The fourth-order valence-electron chi connectivity index (χ4n) is 1.47. The van der Waals surface area contributed by atoms with E-state index in [1.807, 2.05) is 0 Å². The topological polar surface area (TPSA) is 104 Å². The van der Waals surface area contributed by atoms with Gasteiger partial charge in [0.1, 0.15) is 0 Å². The molecule has 0 atom stereocenters. The number of nitrogens with zero attached hydrogens (tertiary/aromatic N) is 2. The lowest BCUT2D eigenvalue weighted by Gasteiger charge is -2.06. The largest absolute Gasteiger partial charge is 0.478 e. The van der Waals surface area contributed by atoms with Crippen LogP contribution in [0.4, 0.5) is 10.6 Å². The van der Waals surface area contributed by atoms with E-state index < -0.39 is 12.0 Å². The molecule has 0 aliphatic heterocycles. The second kappa shape index (κ2) is 6.28. The molecule has 1 aromatic carbocycles. The first-order valence-electron chi connectivity index (χ1n) is 5.78. The van der Waals surface area contributed by atoms with Crippen molar-refractivity contribution in [2.75, 3.05) is 5.32 Å². The molecule has 3 N–H and O–H groups in total. The number of carboxylic acid groups (broad SMARTS) is 1. The molecule has 0 spiro atoms. The Hall–Kier alpha value is -2.96. The van der Waals surface area contributed by atoms with E-state index in [0.717, 1.165) is 5.56 Å². The zero-order valence-electron chi connectivity index (χ0n) is 10.4. The number of urea groups is 1. The maximum atomic E-state index is 11.6. The molecular weight excluding hydrogens is 260 g/mol. The predicted molar refractivity (Wildman–Crippen MR) is 71.3 cm³/mol. The lowest BCUT2D eigenvalue weighted by molar-refractivity contribution is 0.0697. The summed E-state index contributed by atoms with van der Waals surface area (Å²) in [6.07, 6.45) is 4.41. The first-order valence-corrected chi connectivity index (χ1v) is 5.78. The molecule has 0 radical (unpaired) electrons. The summed E-state index contributed by atoms with van der Waals surface area (Å²) in [5.74, 6) is -0.629. The van der Waals surface area contributed by atoms with Gasteiger partial charge in [0.05, 0.1) is 11.8 Å². The Morgan fingerprint density at radius 2 is 1.90 bits per heavy atom. The van der Waals surface area contributed by atoms with Crippen molar-refractivity contribution >= 4 is 17.8 Å². The van der Waals surface area contributed by atoms with E-state index in [2.05, 4.69) is 20.6 Å². The lowest BCUT2D eigenvalue weighted by Crippen LogP contribution is -2.28. The maximum Gasteiger partial charge on any atom is 0.335 e. The molecule has 0 saturated heterocycles. The first kappa shape index (κ1) is 13.5. The van der Waals surface area contributed by atoms with Crippen molar-refractivity contribution in [3.63, 3.8) is 0 Å². The Morgan fingerprint density at radius 3 is 2.50 bits per heavy atom. The molecule has 1 heterocycles. The van der Waals surface area contributed by atoms with Crippen molar-refractivity contribution in [1.82, 2.24) is 15.3 Å². The van der Waals surface area contributed by atoms with E-state index in [0.29, 0.717) is 5.82 Å². The van der Waals surface area contributed by atoms with Crippen LogP contribution in [0, 0.1) is 0 Å². The molecule has 0 bridgehead atoms. The summed E-state index contributed by atoms with van der Waals surface area (Å²) >= 11 is 0. The molecule has 102 valence electrons. The van der Waals surface area contributed by atoms with Crippen LogP contribution in [0.15, 0.2) is 42.9 Å². The Kier molecular flexibility index (Phi) is 4.23. The Labute approximate surface area is 114 Å². The molecule has 0 aliphatic carbocycles. The van der Waals surface area contributed by atoms with E-state index >= 15 is 0 Å². The van der Waals surface area contributed by atoms with Crippen molar-refractivity contribution < 1.29 is 14.7 Å². The molecule has 7 nitrogen and oxygen atoms in total. The number of hydrogen-bond donors (Lipinski definition) is 3. The van der Waals surface area contributed by atoms with Crippen molar-refractivity contribution in [1.29, 1.82) is 0 Å². The van der Waals surface area contributed by atoms with Gasteiger partial charge in [-0.05, 0) is 17.7 Å². The number of aromatic carboxylic acids is 1. The number of rotatable bonds is 4. The summed E-state index contributed by atoms with van der Waals surface area (Å²) in [5.41, 5.74) is 1.00. The van der Waals surface area contributed by atoms with Gasteiger partial charge in [0.15, 0.2) is 5.82 Å². The number of aromatic nitrogens is 2. The summed E-state index contributed by atoms with van der Waals surface area (Å²) in [6, 6.07) is 5.85. The minimum Gasteiger partial charge on any atom is -0.478 e. The van der Waals surface area contributed by atoms with Gasteiger partial charge in [-0.2, -0.15) is 0 Å². The highest BCUT2D eigenvalue weighted by Crippen LogP contribution is 2.04. The number of benzene rings is 1. The number of hydrogen-bond acceptors (Lipinski definition) is 4. The van der Waals surface area contributed by atoms with Gasteiger partial charge >= 0.3 is 12.0 Å². The van der Waals surface area contributed by atoms with Gasteiger partial charge in [-0.3, -0.25) is 10.3 Å². The van der Waals surface area contributed by atoms with Gasteiger partial charge in [-0.25, -0.2) is 14.6 Å². The molecule has 2 aromatic rings. The Balaban J connectivity index is 1.85. The summed E-state index contributed by atoms with van der Waals surface area (Å²) < 4.78 is 0. The van der Waals surface area contributed by atoms with Gasteiger partial charge in [-0.1, -0.05) is 12.1 Å². The monoisotopic (exact) mass is 272 g/mol. The van der Waals surface area contributed by atoms with Crippen LogP contribution in [-0.4, -0.2) is 27.1 Å². The molecule has 0 unspecified atom stereocenters. The average Bonchev–Trinajstić information content (AvgIpc) is 2.46. The van der Waals surface area contributed by atoms with Crippen LogP contribution in [0.5, 0.6) is 0 Å². The number of carboxylic acids is 1. The average molecular weight is 272 g/mol. The first-order chi connectivity index (χ1) is 9.65. The zero-order chi connectivity index (χ0) is 14.4. The minimum absolute atomic E-state index is 0.206. The molecule has 2 rings (SSSR count). The normalized spacial score (nSPS) is 9.80. The van der Waals surface area contributed by atoms with Gasteiger partial charge in [0.2, 0.25) is 0 Å². The SMILES string of the molecule is O=C(NCc1ccc(C(=O)O)cc1)Nc1cnccn1. The second-order valence-corrected chi connectivity index (χ2v) is 3.90. The third-order valence-electron chi connectivity index (χ3n) is 2.46. The van der Waals surface area contributed by atoms with Crippen molar-refractivity contribution in [2.45, 2.75) is 6.54 Å². The van der Waals surface area contributed by atoms with E-state index in [1.54, 1.807) is 12.1 Å². The Bertz CT molecular complexity index is 599. The van der Waals surface area contributed by atoms with Gasteiger partial charge in [0.25, 0.3) is 0 Å². The third kappa shape index (κ3) is 3.77. The van der Waals surface area contributed by atoms with Crippen LogP contribution in [0.1, 0.15) is 15.9 Å². The smallest absolute Gasteiger partial charge is 0.335 e. The number of nitrogens with one attached hydrogen (secondary N) is 2. The quantitative estimate of drug-likeness (QED) is 0.782. The number of anilines is 1. The lowest BCUT2D eigenvalue weighted by atomic mass is 10.1. The van der Waals surface area contributed by atoms with Crippen molar-refractivity contribution in [2.24, 2.45) is 0 Å².